The van der Waals surface area contributed by atoms with Crippen LogP contribution in [0.2, 0.25) is 0 Å². The highest BCUT2D eigenvalue weighted by atomic mass is 19.1. The maximum atomic E-state index is 14.5. The second kappa shape index (κ2) is 18.9. The molecule has 2 aromatic rings. The van der Waals surface area contributed by atoms with E-state index in [0.717, 1.165) is 51.0 Å². The first-order chi connectivity index (χ1) is 18.9. The molecule has 2 aromatic carbocycles. The summed E-state index contributed by atoms with van der Waals surface area (Å²) in [7, 11) is 0. The van der Waals surface area contributed by atoms with Crippen molar-refractivity contribution in [2.24, 2.45) is 0 Å². The average Bonchev–Trinajstić information content (AvgIpc) is 2.92. The summed E-state index contributed by atoms with van der Waals surface area (Å²) in [5.41, 5.74) is 0.00755. The molecule has 0 aromatic heterocycles. The van der Waals surface area contributed by atoms with Gasteiger partial charge in [-0.25, -0.2) is 14.0 Å². The van der Waals surface area contributed by atoms with Crippen LogP contribution in [0.5, 0.6) is 11.5 Å². The predicted molar refractivity (Wildman–Crippen MR) is 150 cm³/mol. The van der Waals surface area contributed by atoms with E-state index in [2.05, 4.69) is 13.8 Å². The van der Waals surface area contributed by atoms with Crippen LogP contribution in [0.1, 0.15) is 124 Å². The molecule has 0 spiro atoms. The zero-order valence-corrected chi connectivity index (χ0v) is 23.5. The van der Waals surface area contributed by atoms with Gasteiger partial charge in [0.1, 0.15) is 17.3 Å². The number of carbonyl (C=O) groups excluding carboxylic acids is 3. The molecule has 0 fully saturated rings. The number of hydrogen-bond donors (Lipinski definition) is 0. The number of esters is 3. The highest BCUT2D eigenvalue weighted by molar-refractivity contribution is 5.92. The predicted octanol–water partition coefficient (Wildman–Crippen LogP) is 8.61. The molecule has 2 rings (SSSR count). The molecule has 0 heterocycles. The second-order valence-electron chi connectivity index (χ2n) is 9.80. The zero-order valence-electron chi connectivity index (χ0n) is 23.5. The highest BCUT2D eigenvalue weighted by Crippen LogP contribution is 2.20. The number of rotatable bonds is 19. The fourth-order valence-corrected chi connectivity index (χ4v) is 4.08. The SMILES string of the molecule is CCCCCCCCCC(=O)Oc1ccc(C(=O)Oc2ccc(C(=O)OCCCCCCCC)c(F)c2)cc1. The standard InChI is InChI=1S/C32H43FO6/c1-3-5-7-9-11-12-14-16-30(34)38-26-19-17-25(18-20-26)31(35)39-27-21-22-28(29(33)24-27)32(36)37-23-15-13-10-8-6-4-2/h17-22,24H,3-16,23H2,1-2H3. The summed E-state index contributed by atoms with van der Waals surface area (Å²) in [4.78, 5) is 36.7. The van der Waals surface area contributed by atoms with Crippen LogP contribution < -0.4 is 9.47 Å². The zero-order chi connectivity index (χ0) is 28.3. The van der Waals surface area contributed by atoms with Gasteiger partial charge in [0.15, 0.2) is 0 Å². The molecule has 0 aliphatic carbocycles. The van der Waals surface area contributed by atoms with Crippen molar-refractivity contribution in [1.29, 1.82) is 0 Å². The number of carbonyl (C=O) groups is 3. The molecule has 214 valence electrons. The number of halogens is 1. The summed E-state index contributed by atoms with van der Waals surface area (Å²) in [5, 5.41) is 0. The van der Waals surface area contributed by atoms with E-state index in [-0.39, 0.29) is 29.5 Å². The Morgan fingerprint density at radius 1 is 0.641 bits per heavy atom. The molecular weight excluding hydrogens is 499 g/mol. The molecule has 6 nitrogen and oxygen atoms in total. The van der Waals surface area contributed by atoms with E-state index in [9.17, 15) is 18.8 Å². The quantitative estimate of drug-likeness (QED) is 0.100. The summed E-state index contributed by atoms with van der Waals surface area (Å²) < 4.78 is 30.2. The van der Waals surface area contributed by atoms with Crippen molar-refractivity contribution in [3.05, 3.63) is 59.4 Å². The molecule has 0 N–H and O–H groups in total. The third-order valence-corrected chi connectivity index (χ3v) is 6.41. The van der Waals surface area contributed by atoms with E-state index in [1.807, 2.05) is 0 Å². The van der Waals surface area contributed by atoms with Crippen LogP contribution in [-0.2, 0) is 9.53 Å². The van der Waals surface area contributed by atoms with Crippen molar-refractivity contribution in [3.63, 3.8) is 0 Å². The molecule has 0 radical (unpaired) electrons. The summed E-state index contributed by atoms with van der Waals surface area (Å²) in [5.74, 6) is -2.26. The van der Waals surface area contributed by atoms with Crippen LogP contribution >= 0.6 is 0 Å². The van der Waals surface area contributed by atoms with E-state index in [1.165, 1.54) is 74.9 Å². The first-order valence-electron chi connectivity index (χ1n) is 14.4. The summed E-state index contributed by atoms with van der Waals surface area (Å²) in [6, 6.07) is 9.56. The normalized spacial score (nSPS) is 10.7. The van der Waals surface area contributed by atoms with Crippen LogP contribution in [0.3, 0.4) is 0 Å². The van der Waals surface area contributed by atoms with E-state index < -0.39 is 17.8 Å². The van der Waals surface area contributed by atoms with Gasteiger partial charge in [0.2, 0.25) is 0 Å². The Balaban J connectivity index is 1.75. The molecule has 0 saturated heterocycles. The number of unbranched alkanes of at least 4 members (excludes halogenated alkanes) is 11. The van der Waals surface area contributed by atoms with Crippen LogP contribution in [0.4, 0.5) is 4.39 Å². The maximum absolute atomic E-state index is 14.5. The van der Waals surface area contributed by atoms with Gasteiger partial charge in [-0.3, -0.25) is 4.79 Å². The van der Waals surface area contributed by atoms with Crippen LogP contribution in [-0.4, -0.2) is 24.5 Å². The Hall–Kier alpha value is -3.22. The number of hydrogen-bond acceptors (Lipinski definition) is 6. The maximum Gasteiger partial charge on any atom is 0.343 e. The lowest BCUT2D eigenvalue weighted by atomic mass is 10.1. The molecule has 0 unspecified atom stereocenters. The fraction of sp³-hybridized carbons (Fsp3) is 0.531. The lowest BCUT2D eigenvalue weighted by Gasteiger charge is -2.09. The lowest BCUT2D eigenvalue weighted by molar-refractivity contribution is -0.134. The average molecular weight is 543 g/mol. The Morgan fingerprint density at radius 3 is 1.82 bits per heavy atom. The molecular formula is C32H43FO6. The number of ether oxygens (including phenoxy) is 3. The van der Waals surface area contributed by atoms with Crippen molar-refractivity contribution in [1.82, 2.24) is 0 Å². The Morgan fingerprint density at radius 2 is 1.21 bits per heavy atom. The first kappa shape index (κ1) is 32.0. The van der Waals surface area contributed by atoms with Gasteiger partial charge >= 0.3 is 17.9 Å². The summed E-state index contributed by atoms with van der Waals surface area (Å²) in [6.45, 7) is 4.58. The molecule has 7 heteroatoms. The van der Waals surface area contributed by atoms with Crippen molar-refractivity contribution in [2.75, 3.05) is 6.61 Å². The van der Waals surface area contributed by atoms with Crippen molar-refractivity contribution < 1.29 is 33.0 Å². The van der Waals surface area contributed by atoms with Crippen LogP contribution in [0.15, 0.2) is 42.5 Å². The summed E-state index contributed by atoms with van der Waals surface area (Å²) >= 11 is 0. The van der Waals surface area contributed by atoms with E-state index in [0.29, 0.717) is 12.2 Å². The van der Waals surface area contributed by atoms with Crippen molar-refractivity contribution >= 4 is 17.9 Å². The summed E-state index contributed by atoms with van der Waals surface area (Å²) in [6.07, 6.45) is 14.5. The Labute approximate surface area is 232 Å². The molecule has 0 aliphatic heterocycles. The highest BCUT2D eigenvalue weighted by Gasteiger charge is 2.16. The van der Waals surface area contributed by atoms with Crippen LogP contribution in [0, 0.1) is 5.82 Å². The molecule has 0 amide bonds. The van der Waals surface area contributed by atoms with Gasteiger partial charge < -0.3 is 14.2 Å². The van der Waals surface area contributed by atoms with Crippen LogP contribution in [0.25, 0.3) is 0 Å². The van der Waals surface area contributed by atoms with Gasteiger partial charge in [0, 0.05) is 12.5 Å². The lowest BCUT2D eigenvalue weighted by Crippen LogP contribution is -2.11. The molecule has 0 bridgehead atoms. The molecule has 0 aliphatic rings. The largest absolute Gasteiger partial charge is 0.462 e. The minimum absolute atomic E-state index is 0.0322. The minimum Gasteiger partial charge on any atom is -0.462 e. The third-order valence-electron chi connectivity index (χ3n) is 6.41. The second-order valence-corrected chi connectivity index (χ2v) is 9.80. The van der Waals surface area contributed by atoms with Gasteiger partial charge in [0.05, 0.1) is 17.7 Å². The van der Waals surface area contributed by atoms with E-state index in [4.69, 9.17) is 14.2 Å². The van der Waals surface area contributed by atoms with Gasteiger partial charge in [-0.15, -0.1) is 0 Å². The van der Waals surface area contributed by atoms with Gasteiger partial charge in [-0.1, -0.05) is 84.5 Å². The van der Waals surface area contributed by atoms with E-state index >= 15 is 0 Å². The topological polar surface area (TPSA) is 78.9 Å². The van der Waals surface area contributed by atoms with Crippen molar-refractivity contribution in [2.45, 2.75) is 104 Å². The smallest absolute Gasteiger partial charge is 0.343 e. The number of benzene rings is 2. The fourth-order valence-electron chi connectivity index (χ4n) is 4.08. The van der Waals surface area contributed by atoms with Gasteiger partial charge in [-0.2, -0.15) is 0 Å². The monoisotopic (exact) mass is 542 g/mol. The molecule has 0 atom stereocenters. The van der Waals surface area contributed by atoms with Crippen molar-refractivity contribution in [3.8, 4) is 11.5 Å². The minimum atomic E-state index is -0.823. The Bertz CT molecular complexity index is 1020. The van der Waals surface area contributed by atoms with E-state index in [1.54, 1.807) is 0 Å². The third kappa shape index (κ3) is 12.9. The molecule has 0 saturated carbocycles. The van der Waals surface area contributed by atoms with Gasteiger partial charge in [0.25, 0.3) is 0 Å². The van der Waals surface area contributed by atoms with Gasteiger partial charge in [-0.05, 0) is 49.2 Å². The molecule has 39 heavy (non-hydrogen) atoms. The first-order valence-corrected chi connectivity index (χ1v) is 14.4. The Kier molecular flexibility index (Phi) is 15.5.